The third-order valence-electron chi connectivity index (χ3n) is 5.06. The van der Waals surface area contributed by atoms with Gasteiger partial charge in [-0.3, -0.25) is 9.59 Å². The molecule has 2 fully saturated rings. The normalized spacial score (nSPS) is 24.0. The molecule has 0 aromatic carbocycles. The molecule has 1 aromatic rings. The Hall–Kier alpha value is -2.15. The molecule has 2 N–H and O–H groups in total. The summed E-state index contributed by atoms with van der Waals surface area (Å²) in [5, 5.41) is 0. The summed E-state index contributed by atoms with van der Waals surface area (Å²) in [6.45, 7) is 3.03. The van der Waals surface area contributed by atoms with Crippen LogP contribution in [0.25, 0.3) is 0 Å². The van der Waals surface area contributed by atoms with Crippen LogP contribution in [0.3, 0.4) is 0 Å². The van der Waals surface area contributed by atoms with E-state index in [-0.39, 0.29) is 11.8 Å². The van der Waals surface area contributed by atoms with Crippen LogP contribution in [0.1, 0.15) is 29.6 Å². The van der Waals surface area contributed by atoms with Crippen LogP contribution in [0.2, 0.25) is 0 Å². The van der Waals surface area contributed by atoms with Crippen LogP contribution in [0.5, 0.6) is 0 Å². The summed E-state index contributed by atoms with van der Waals surface area (Å²) < 4.78 is 5.10. The average Bonchev–Trinajstić information content (AvgIpc) is 3.01. The molecule has 2 saturated heterocycles. The highest BCUT2D eigenvalue weighted by Crippen LogP contribution is 2.40. The minimum atomic E-state index is -0.428. The quantitative estimate of drug-likeness (QED) is 0.879. The summed E-state index contributed by atoms with van der Waals surface area (Å²) in [7, 11) is 1.64. The number of rotatable bonds is 4. The van der Waals surface area contributed by atoms with Crippen molar-refractivity contribution in [3.05, 3.63) is 23.9 Å². The van der Waals surface area contributed by atoms with Crippen molar-refractivity contribution in [1.29, 1.82) is 0 Å². The van der Waals surface area contributed by atoms with Crippen LogP contribution in [-0.2, 0) is 9.53 Å². The van der Waals surface area contributed by atoms with Gasteiger partial charge in [0.05, 0.1) is 17.6 Å². The highest BCUT2D eigenvalue weighted by molar-refractivity contribution is 5.95. The van der Waals surface area contributed by atoms with E-state index in [2.05, 4.69) is 4.98 Å². The van der Waals surface area contributed by atoms with Crippen molar-refractivity contribution in [3.8, 4) is 0 Å². The molecule has 0 aliphatic carbocycles. The molecule has 1 unspecified atom stereocenters. The molecule has 2 amide bonds. The van der Waals surface area contributed by atoms with Gasteiger partial charge >= 0.3 is 0 Å². The molecular weight excluding hydrogens is 308 g/mol. The lowest BCUT2D eigenvalue weighted by Crippen LogP contribution is -2.51. The van der Waals surface area contributed by atoms with E-state index in [4.69, 9.17) is 10.5 Å². The summed E-state index contributed by atoms with van der Waals surface area (Å²) in [4.78, 5) is 33.2. The van der Waals surface area contributed by atoms with Crippen molar-refractivity contribution < 1.29 is 14.3 Å². The second-order valence-corrected chi connectivity index (χ2v) is 6.62. The molecule has 3 heterocycles. The van der Waals surface area contributed by atoms with Crippen LogP contribution >= 0.6 is 0 Å². The fourth-order valence-electron chi connectivity index (χ4n) is 3.71. The van der Waals surface area contributed by atoms with Crippen LogP contribution in [0, 0.1) is 5.41 Å². The number of carbonyl (C=O) groups is 2. The monoisotopic (exact) mass is 332 g/mol. The van der Waals surface area contributed by atoms with E-state index in [1.165, 1.54) is 6.20 Å². The van der Waals surface area contributed by atoms with Gasteiger partial charge in [0.1, 0.15) is 5.82 Å². The van der Waals surface area contributed by atoms with E-state index in [0.29, 0.717) is 37.6 Å². The van der Waals surface area contributed by atoms with Crippen molar-refractivity contribution in [2.75, 3.05) is 45.6 Å². The zero-order chi connectivity index (χ0) is 17.2. The number of amides is 2. The summed E-state index contributed by atoms with van der Waals surface area (Å²) in [5.74, 6) is 0.471. The number of carbonyl (C=O) groups excluding carboxylic acids is 2. The molecule has 7 nitrogen and oxygen atoms in total. The van der Waals surface area contributed by atoms with E-state index in [1.807, 2.05) is 4.90 Å². The Morgan fingerprint density at radius 3 is 2.92 bits per heavy atom. The first kappa shape index (κ1) is 16.7. The number of hydrogen-bond donors (Lipinski definition) is 1. The second-order valence-electron chi connectivity index (χ2n) is 6.62. The number of pyridine rings is 1. The molecule has 7 heteroatoms. The second kappa shape index (κ2) is 6.76. The predicted molar refractivity (Wildman–Crippen MR) is 89.3 cm³/mol. The van der Waals surface area contributed by atoms with E-state index in [1.54, 1.807) is 24.1 Å². The first-order chi connectivity index (χ1) is 11.6. The third-order valence-corrected chi connectivity index (χ3v) is 5.06. The Balaban J connectivity index is 1.70. The van der Waals surface area contributed by atoms with Gasteiger partial charge in [-0.25, -0.2) is 4.98 Å². The number of hydrogen-bond acceptors (Lipinski definition) is 5. The zero-order valence-corrected chi connectivity index (χ0v) is 14.0. The molecule has 3 rings (SSSR count). The lowest BCUT2D eigenvalue weighted by molar-refractivity contribution is -0.146. The summed E-state index contributed by atoms with van der Waals surface area (Å²) in [5.41, 5.74) is 5.66. The maximum absolute atomic E-state index is 12.9. The first-order valence-electron chi connectivity index (χ1n) is 8.35. The maximum Gasteiger partial charge on any atom is 0.255 e. The van der Waals surface area contributed by atoms with Crippen molar-refractivity contribution in [3.63, 3.8) is 0 Å². The number of ether oxygens (including phenoxy) is 1. The van der Waals surface area contributed by atoms with Gasteiger partial charge in [0.2, 0.25) is 5.91 Å². The maximum atomic E-state index is 12.9. The van der Waals surface area contributed by atoms with Gasteiger partial charge in [0, 0.05) is 39.5 Å². The van der Waals surface area contributed by atoms with Crippen LogP contribution in [0.4, 0.5) is 5.82 Å². The van der Waals surface area contributed by atoms with E-state index in [9.17, 15) is 9.59 Å². The van der Waals surface area contributed by atoms with Gasteiger partial charge in [-0.1, -0.05) is 0 Å². The van der Waals surface area contributed by atoms with Crippen molar-refractivity contribution in [1.82, 2.24) is 14.8 Å². The van der Waals surface area contributed by atoms with E-state index in [0.717, 1.165) is 25.8 Å². The number of nitrogens with two attached hydrogens (primary N) is 1. The smallest absolute Gasteiger partial charge is 0.255 e. The minimum absolute atomic E-state index is 0.0822. The molecular formula is C17H24N4O3. The highest BCUT2D eigenvalue weighted by Gasteiger charge is 2.49. The van der Waals surface area contributed by atoms with Crippen LogP contribution in [-0.4, -0.2) is 66.5 Å². The van der Waals surface area contributed by atoms with E-state index < -0.39 is 5.41 Å². The lowest BCUT2D eigenvalue weighted by atomic mass is 9.78. The summed E-state index contributed by atoms with van der Waals surface area (Å²) in [6.07, 6.45) is 4.04. The number of nitrogen functional groups attached to an aromatic ring is 1. The fourth-order valence-corrected chi connectivity index (χ4v) is 3.71. The van der Waals surface area contributed by atoms with Gasteiger partial charge in [0.25, 0.3) is 5.91 Å². The number of likely N-dealkylation sites (tertiary alicyclic amines) is 2. The topological polar surface area (TPSA) is 88.8 Å². The molecule has 2 aliphatic rings. The van der Waals surface area contributed by atoms with Gasteiger partial charge in [0.15, 0.2) is 0 Å². The molecule has 0 radical (unpaired) electrons. The van der Waals surface area contributed by atoms with Crippen LogP contribution < -0.4 is 5.73 Å². The first-order valence-corrected chi connectivity index (χ1v) is 8.35. The number of aromatic nitrogens is 1. The summed E-state index contributed by atoms with van der Waals surface area (Å²) >= 11 is 0. The molecule has 1 atom stereocenters. The fraction of sp³-hybridized carbons (Fsp3) is 0.588. The highest BCUT2D eigenvalue weighted by atomic mass is 16.5. The predicted octanol–water partition coefficient (Wildman–Crippen LogP) is 0.765. The number of nitrogens with zero attached hydrogens (tertiary/aromatic N) is 3. The lowest BCUT2D eigenvalue weighted by Gasteiger charge is -2.39. The van der Waals surface area contributed by atoms with Gasteiger partial charge in [-0.05, 0) is 31.4 Å². The molecule has 2 aliphatic heterocycles. The third kappa shape index (κ3) is 3.08. The molecule has 0 bridgehead atoms. The standard InChI is InChI=1S/C17H24N4O3/c1-24-10-9-20-7-2-5-17(16(20)23)6-8-21(12-17)15(22)13-3-4-14(18)19-11-13/h3-4,11H,2,5-10,12H2,1H3,(H2,18,19). The molecule has 0 saturated carbocycles. The van der Waals surface area contributed by atoms with Gasteiger partial charge in [-0.15, -0.1) is 0 Å². The zero-order valence-electron chi connectivity index (χ0n) is 14.0. The number of piperidine rings is 1. The molecule has 130 valence electrons. The Morgan fingerprint density at radius 1 is 1.38 bits per heavy atom. The summed E-state index contributed by atoms with van der Waals surface area (Å²) in [6, 6.07) is 3.31. The Bertz CT molecular complexity index is 619. The SMILES string of the molecule is COCCN1CCCC2(CCN(C(=O)c3ccc(N)nc3)C2)C1=O. The number of anilines is 1. The molecule has 1 aromatic heterocycles. The van der Waals surface area contributed by atoms with Crippen molar-refractivity contribution in [2.24, 2.45) is 5.41 Å². The molecule has 24 heavy (non-hydrogen) atoms. The number of methoxy groups -OCH3 is 1. The Labute approximate surface area is 141 Å². The largest absolute Gasteiger partial charge is 0.384 e. The average molecular weight is 332 g/mol. The minimum Gasteiger partial charge on any atom is -0.384 e. The van der Waals surface area contributed by atoms with Crippen molar-refractivity contribution in [2.45, 2.75) is 19.3 Å². The Morgan fingerprint density at radius 2 is 2.21 bits per heavy atom. The van der Waals surface area contributed by atoms with Crippen LogP contribution in [0.15, 0.2) is 18.3 Å². The van der Waals surface area contributed by atoms with Gasteiger partial charge in [-0.2, -0.15) is 0 Å². The van der Waals surface area contributed by atoms with E-state index >= 15 is 0 Å². The Kier molecular flexibility index (Phi) is 4.71. The molecule has 1 spiro atoms. The van der Waals surface area contributed by atoms with Gasteiger partial charge < -0.3 is 20.3 Å². The van der Waals surface area contributed by atoms with Crippen molar-refractivity contribution >= 4 is 17.6 Å².